The maximum Gasteiger partial charge on any atom is 0.305 e. The molecule has 0 bridgehead atoms. The Morgan fingerprint density at radius 2 is 1.93 bits per heavy atom. The maximum absolute atomic E-state index is 12.4. The fourth-order valence-corrected chi connectivity index (χ4v) is 3.17. The number of benzene rings is 1. The van der Waals surface area contributed by atoms with Gasteiger partial charge in [-0.2, -0.15) is 0 Å². The highest BCUT2D eigenvalue weighted by molar-refractivity contribution is 7.98. The maximum atomic E-state index is 12.4. The molecule has 2 N–H and O–H groups in total. The molecule has 28 heavy (non-hydrogen) atoms. The van der Waals surface area contributed by atoms with Crippen molar-refractivity contribution >= 4 is 29.3 Å². The van der Waals surface area contributed by atoms with Crippen LogP contribution >= 0.6 is 11.8 Å². The lowest BCUT2D eigenvalue weighted by molar-refractivity contribution is -0.384. The first-order valence-corrected chi connectivity index (χ1v) is 8.98. The molecule has 0 atom stereocenters. The Balaban J connectivity index is 1.65. The molecule has 0 radical (unpaired) electrons. The van der Waals surface area contributed by atoms with E-state index in [1.165, 1.54) is 42.4 Å². The number of thioether (sulfide) groups is 1. The Labute approximate surface area is 163 Å². The second kappa shape index (κ2) is 8.82. The summed E-state index contributed by atoms with van der Waals surface area (Å²) in [6.45, 7) is 0. The van der Waals surface area contributed by atoms with Crippen LogP contribution in [0.4, 0.5) is 5.69 Å². The van der Waals surface area contributed by atoms with Gasteiger partial charge in [-0.1, -0.05) is 12.1 Å². The van der Waals surface area contributed by atoms with Crippen molar-refractivity contribution in [1.29, 1.82) is 0 Å². The van der Waals surface area contributed by atoms with E-state index < -0.39 is 16.7 Å². The highest BCUT2D eigenvalue weighted by Gasteiger charge is 2.15. The van der Waals surface area contributed by atoms with Crippen LogP contribution in [0.2, 0.25) is 0 Å². The molecule has 0 saturated heterocycles. The first kappa shape index (κ1) is 19.1. The van der Waals surface area contributed by atoms with Crippen molar-refractivity contribution in [2.24, 2.45) is 0 Å². The monoisotopic (exact) mass is 398 g/mol. The van der Waals surface area contributed by atoms with Crippen LogP contribution in [0.1, 0.15) is 26.5 Å². The van der Waals surface area contributed by atoms with Crippen molar-refractivity contribution in [3.63, 3.8) is 0 Å². The van der Waals surface area contributed by atoms with Crippen LogP contribution < -0.4 is 10.9 Å². The smallest absolute Gasteiger partial charge is 0.305 e. The number of aromatic nitrogens is 1. The molecule has 1 aromatic carbocycles. The van der Waals surface area contributed by atoms with E-state index in [0.717, 1.165) is 5.56 Å². The number of carbonyl (C=O) groups excluding carboxylic acids is 2. The fourth-order valence-electron chi connectivity index (χ4n) is 2.24. The lowest BCUT2D eigenvalue weighted by atomic mass is 10.2. The molecule has 9 nitrogen and oxygen atoms in total. The molecule has 2 amide bonds. The summed E-state index contributed by atoms with van der Waals surface area (Å²) in [6.07, 6.45) is 2.88. The summed E-state index contributed by atoms with van der Waals surface area (Å²) in [6, 6.07) is 12.4. The molecule has 142 valence electrons. The molecule has 2 heterocycles. The van der Waals surface area contributed by atoms with Crippen LogP contribution in [-0.2, 0) is 5.75 Å². The van der Waals surface area contributed by atoms with E-state index in [1.54, 1.807) is 30.3 Å². The van der Waals surface area contributed by atoms with Crippen LogP contribution in [0.3, 0.4) is 0 Å². The standard InChI is InChI=1S/C18H14N4O5S/c23-16(20-21-17(24)15-7-3-9-27-15)14-6-2-8-19-18(14)28-11-12-4-1-5-13(10-12)22(25)26/h1-10H,11H2,(H,20,23)(H,21,24). The number of amides is 2. The van der Waals surface area contributed by atoms with Crippen molar-refractivity contribution in [2.45, 2.75) is 10.8 Å². The topological polar surface area (TPSA) is 127 Å². The van der Waals surface area contributed by atoms with E-state index in [-0.39, 0.29) is 17.0 Å². The minimum absolute atomic E-state index is 0.00211. The van der Waals surface area contributed by atoms with Gasteiger partial charge in [-0.15, -0.1) is 11.8 Å². The van der Waals surface area contributed by atoms with Gasteiger partial charge in [0.1, 0.15) is 5.03 Å². The molecule has 0 aliphatic carbocycles. The van der Waals surface area contributed by atoms with Crippen LogP contribution in [0.5, 0.6) is 0 Å². The van der Waals surface area contributed by atoms with E-state index in [2.05, 4.69) is 15.8 Å². The average molecular weight is 398 g/mol. The van der Waals surface area contributed by atoms with Crippen molar-refractivity contribution in [1.82, 2.24) is 15.8 Å². The van der Waals surface area contributed by atoms with Gasteiger partial charge in [-0.3, -0.25) is 30.6 Å². The number of hydrogen-bond acceptors (Lipinski definition) is 7. The number of nitrogens with one attached hydrogen (secondary N) is 2. The molecule has 2 aromatic heterocycles. The summed E-state index contributed by atoms with van der Waals surface area (Å²) in [7, 11) is 0. The third kappa shape index (κ3) is 4.74. The predicted molar refractivity (Wildman–Crippen MR) is 101 cm³/mol. The van der Waals surface area contributed by atoms with Crippen LogP contribution in [0, 0.1) is 10.1 Å². The van der Waals surface area contributed by atoms with Crippen molar-refractivity contribution < 1.29 is 18.9 Å². The highest BCUT2D eigenvalue weighted by Crippen LogP contribution is 2.25. The molecule has 0 spiro atoms. The molecule has 10 heteroatoms. The summed E-state index contributed by atoms with van der Waals surface area (Å²) >= 11 is 1.26. The van der Waals surface area contributed by atoms with Gasteiger partial charge in [0.05, 0.1) is 16.7 Å². The molecular weight excluding hydrogens is 384 g/mol. The minimum atomic E-state index is -0.590. The van der Waals surface area contributed by atoms with Crippen molar-refractivity contribution in [2.75, 3.05) is 0 Å². The third-order valence-corrected chi connectivity index (χ3v) is 4.62. The number of pyridine rings is 1. The van der Waals surface area contributed by atoms with Gasteiger partial charge < -0.3 is 4.42 Å². The van der Waals surface area contributed by atoms with E-state index in [1.807, 2.05) is 0 Å². The molecule has 0 aliphatic heterocycles. The third-order valence-electron chi connectivity index (χ3n) is 3.55. The summed E-state index contributed by atoms with van der Waals surface area (Å²) in [5.41, 5.74) is 5.55. The molecule has 3 aromatic rings. The second-order valence-electron chi connectivity index (χ2n) is 5.46. The summed E-state index contributed by atoms with van der Waals surface area (Å²) in [5.74, 6) is -0.688. The van der Waals surface area contributed by atoms with Crippen molar-refractivity contribution in [3.8, 4) is 0 Å². The van der Waals surface area contributed by atoms with Crippen LogP contribution in [0.15, 0.2) is 70.4 Å². The number of hydrazine groups is 1. The Kier molecular flexibility index (Phi) is 6.02. The molecule has 0 fully saturated rings. The normalized spacial score (nSPS) is 10.3. The van der Waals surface area contributed by atoms with Gasteiger partial charge in [-0.05, 0) is 29.8 Å². The number of rotatable bonds is 6. The summed E-state index contributed by atoms with van der Waals surface area (Å²) < 4.78 is 4.94. The molecular formula is C18H14N4O5S. The number of non-ortho nitro benzene ring substituents is 1. The lowest BCUT2D eigenvalue weighted by Gasteiger charge is -2.09. The number of nitro benzene ring substituents is 1. The zero-order valence-corrected chi connectivity index (χ0v) is 15.1. The SMILES string of the molecule is O=C(NNC(=O)c1cccnc1SCc1cccc([N+](=O)[O-])c1)c1ccco1. The predicted octanol–water partition coefficient (Wildman–Crippen LogP) is 2.95. The van der Waals surface area contributed by atoms with Gasteiger partial charge in [0.2, 0.25) is 0 Å². The summed E-state index contributed by atoms with van der Waals surface area (Å²) in [4.78, 5) is 38.8. The Bertz CT molecular complexity index is 1010. The lowest BCUT2D eigenvalue weighted by Crippen LogP contribution is -2.41. The van der Waals surface area contributed by atoms with E-state index in [0.29, 0.717) is 10.8 Å². The van der Waals surface area contributed by atoms with E-state index in [4.69, 9.17) is 4.42 Å². The minimum Gasteiger partial charge on any atom is -0.459 e. The van der Waals surface area contributed by atoms with Crippen LogP contribution in [0.25, 0.3) is 0 Å². The van der Waals surface area contributed by atoms with Gasteiger partial charge in [0.15, 0.2) is 5.76 Å². The number of nitrogens with zero attached hydrogens (tertiary/aromatic N) is 2. The highest BCUT2D eigenvalue weighted by atomic mass is 32.2. The Morgan fingerprint density at radius 1 is 1.11 bits per heavy atom. The molecule has 0 aliphatic rings. The Hall–Kier alpha value is -3.66. The van der Waals surface area contributed by atoms with Gasteiger partial charge in [0, 0.05) is 24.1 Å². The largest absolute Gasteiger partial charge is 0.459 e. The number of nitro groups is 1. The van der Waals surface area contributed by atoms with Gasteiger partial charge in [0.25, 0.3) is 11.6 Å². The zero-order valence-electron chi connectivity index (χ0n) is 14.3. The number of furan rings is 1. The molecule has 0 unspecified atom stereocenters. The van der Waals surface area contributed by atoms with E-state index >= 15 is 0 Å². The first-order valence-electron chi connectivity index (χ1n) is 8.00. The van der Waals surface area contributed by atoms with Gasteiger partial charge in [-0.25, -0.2) is 4.98 Å². The molecule has 0 saturated carbocycles. The zero-order chi connectivity index (χ0) is 19.9. The fraction of sp³-hybridized carbons (Fsp3) is 0.0556. The first-order chi connectivity index (χ1) is 13.5. The molecule has 3 rings (SSSR count). The summed E-state index contributed by atoms with van der Waals surface area (Å²) in [5, 5.41) is 11.3. The quantitative estimate of drug-likeness (QED) is 0.371. The van der Waals surface area contributed by atoms with Gasteiger partial charge >= 0.3 is 5.91 Å². The van der Waals surface area contributed by atoms with Crippen LogP contribution in [-0.4, -0.2) is 21.7 Å². The number of carbonyl (C=O) groups is 2. The number of hydrogen-bond donors (Lipinski definition) is 2. The van der Waals surface area contributed by atoms with Crippen molar-refractivity contribution in [3.05, 3.63) is 88.0 Å². The second-order valence-corrected chi connectivity index (χ2v) is 6.42. The Morgan fingerprint density at radius 3 is 2.68 bits per heavy atom. The van der Waals surface area contributed by atoms with E-state index in [9.17, 15) is 19.7 Å². The average Bonchev–Trinajstić information content (AvgIpc) is 3.25.